The molecule has 1 aromatic carbocycles. The molecule has 1 aliphatic rings. The van der Waals surface area contributed by atoms with E-state index in [0.29, 0.717) is 18.0 Å². The van der Waals surface area contributed by atoms with Crippen molar-refractivity contribution in [2.45, 2.75) is 25.9 Å². The number of amides is 1. The second kappa shape index (κ2) is 9.12. The first kappa shape index (κ1) is 18.9. The van der Waals surface area contributed by atoms with E-state index in [1.54, 1.807) is 0 Å². The lowest BCUT2D eigenvalue weighted by atomic mass is 9.94. The molecule has 1 saturated heterocycles. The molecule has 0 aliphatic carbocycles. The van der Waals surface area contributed by atoms with Crippen LogP contribution in [-0.4, -0.2) is 25.6 Å². The van der Waals surface area contributed by atoms with E-state index in [0.717, 1.165) is 25.9 Å². The summed E-state index contributed by atoms with van der Waals surface area (Å²) in [7, 11) is 0. The van der Waals surface area contributed by atoms with Crippen LogP contribution in [0.15, 0.2) is 18.2 Å². The quantitative estimate of drug-likeness (QED) is 0.847. The van der Waals surface area contributed by atoms with Gasteiger partial charge in [0.15, 0.2) is 0 Å². The van der Waals surface area contributed by atoms with Crippen LogP contribution in [0.3, 0.4) is 0 Å². The zero-order chi connectivity index (χ0) is 15.2. The van der Waals surface area contributed by atoms with Gasteiger partial charge in [-0.2, -0.15) is 8.78 Å². The molecule has 4 nitrogen and oxygen atoms in total. The van der Waals surface area contributed by atoms with Crippen LogP contribution in [0.4, 0.5) is 14.5 Å². The van der Waals surface area contributed by atoms with E-state index in [4.69, 9.17) is 11.6 Å². The van der Waals surface area contributed by atoms with Gasteiger partial charge in [-0.05, 0) is 50.0 Å². The maximum atomic E-state index is 12.1. The number of anilines is 1. The largest absolute Gasteiger partial charge is 0.433 e. The van der Waals surface area contributed by atoms with Crippen LogP contribution in [0, 0.1) is 5.92 Å². The Morgan fingerprint density at radius 3 is 2.68 bits per heavy atom. The Kier molecular flexibility index (Phi) is 7.85. The summed E-state index contributed by atoms with van der Waals surface area (Å²) in [6.45, 7) is -1.06. The molecule has 0 aromatic heterocycles. The summed E-state index contributed by atoms with van der Waals surface area (Å²) in [5, 5.41) is 6.00. The molecule has 1 aromatic rings. The van der Waals surface area contributed by atoms with Crippen molar-refractivity contribution in [1.29, 1.82) is 0 Å². The van der Waals surface area contributed by atoms with Gasteiger partial charge in [0.25, 0.3) is 0 Å². The molecule has 2 N–H and O–H groups in total. The summed E-state index contributed by atoms with van der Waals surface area (Å²) < 4.78 is 28.5. The SMILES string of the molecule is Cl.O=C(CC1CCNCC1)Nc1ccc(OC(F)F)c(Cl)c1. The highest BCUT2D eigenvalue weighted by molar-refractivity contribution is 6.32. The summed E-state index contributed by atoms with van der Waals surface area (Å²) in [4.78, 5) is 11.9. The predicted molar refractivity (Wildman–Crippen MR) is 84.2 cm³/mol. The van der Waals surface area contributed by atoms with Gasteiger partial charge in [-0.3, -0.25) is 4.79 Å². The van der Waals surface area contributed by atoms with Crippen LogP contribution in [0.1, 0.15) is 19.3 Å². The Hall–Kier alpha value is -1.11. The molecule has 0 spiro atoms. The molecular formula is C14H18Cl2F2N2O2. The number of carbonyl (C=O) groups is 1. The monoisotopic (exact) mass is 354 g/mol. The lowest BCUT2D eigenvalue weighted by Gasteiger charge is -2.22. The Morgan fingerprint density at radius 2 is 2.09 bits per heavy atom. The Balaban J connectivity index is 0.00000242. The van der Waals surface area contributed by atoms with Crippen LogP contribution in [-0.2, 0) is 4.79 Å². The molecule has 1 fully saturated rings. The molecule has 2 rings (SSSR count). The average Bonchev–Trinajstić information content (AvgIpc) is 2.42. The van der Waals surface area contributed by atoms with Crippen molar-refractivity contribution in [3.63, 3.8) is 0 Å². The first-order valence-corrected chi connectivity index (χ1v) is 7.17. The number of ether oxygens (including phenoxy) is 1. The molecule has 1 aliphatic heterocycles. The van der Waals surface area contributed by atoms with Crippen LogP contribution < -0.4 is 15.4 Å². The molecule has 22 heavy (non-hydrogen) atoms. The molecule has 1 heterocycles. The topological polar surface area (TPSA) is 50.4 Å². The third-order valence-corrected chi connectivity index (χ3v) is 3.66. The average molecular weight is 355 g/mol. The molecule has 0 unspecified atom stereocenters. The summed E-state index contributed by atoms with van der Waals surface area (Å²) in [6.07, 6.45) is 2.42. The number of carbonyl (C=O) groups excluding carboxylic acids is 1. The van der Waals surface area contributed by atoms with Crippen LogP contribution >= 0.6 is 24.0 Å². The highest BCUT2D eigenvalue weighted by Crippen LogP contribution is 2.29. The van der Waals surface area contributed by atoms with Gasteiger partial charge < -0.3 is 15.4 Å². The number of hydrogen-bond donors (Lipinski definition) is 2. The highest BCUT2D eigenvalue weighted by atomic mass is 35.5. The van der Waals surface area contributed by atoms with Crippen molar-refractivity contribution >= 4 is 35.6 Å². The Labute approximate surface area is 139 Å². The fourth-order valence-electron chi connectivity index (χ4n) is 2.33. The van der Waals surface area contributed by atoms with Crippen molar-refractivity contribution < 1.29 is 18.3 Å². The number of piperidine rings is 1. The normalized spacial score (nSPS) is 15.3. The van der Waals surface area contributed by atoms with E-state index in [2.05, 4.69) is 15.4 Å². The maximum Gasteiger partial charge on any atom is 0.387 e. The lowest BCUT2D eigenvalue weighted by molar-refractivity contribution is -0.117. The second-order valence-electron chi connectivity index (χ2n) is 4.97. The summed E-state index contributed by atoms with van der Waals surface area (Å²) in [5.41, 5.74) is 0.473. The van der Waals surface area contributed by atoms with Crippen molar-refractivity contribution in [2.75, 3.05) is 18.4 Å². The van der Waals surface area contributed by atoms with Gasteiger partial charge in [0, 0.05) is 12.1 Å². The summed E-state index contributed by atoms with van der Waals surface area (Å²) in [5.74, 6) is 0.173. The van der Waals surface area contributed by atoms with E-state index in [1.807, 2.05) is 0 Å². The van der Waals surface area contributed by atoms with Crippen LogP contribution in [0.2, 0.25) is 5.02 Å². The van der Waals surface area contributed by atoms with Gasteiger partial charge in [0.05, 0.1) is 5.02 Å². The predicted octanol–water partition coefficient (Wildman–Crippen LogP) is 3.69. The molecule has 124 valence electrons. The highest BCUT2D eigenvalue weighted by Gasteiger charge is 2.17. The third-order valence-electron chi connectivity index (χ3n) is 3.36. The zero-order valence-electron chi connectivity index (χ0n) is 11.8. The van der Waals surface area contributed by atoms with Crippen molar-refractivity contribution in [3.8, 4) is 5.75 Å². The van der Waals surface area contributed by atoms with Gasteiger partial charge in [-0.15, -0.1) is 12.4 Å². The van der Waals surface area contributed by atoms with Gasteiger partial charge in [0.2, 0.25) is 5.91 Å². The molecule has 1 amide bonds. The van der Waals surface area contributed by atoms with E-state index in [1.165, 1.54) is 18.2 Å². The number of benzene rings is 1. The number of halogens is 4. The van der Waals surface area contributed by atoms with Gasteiger partial charge in [0.1, 0.15) is 5.75 Å². The zero-order valence-corrected chi connectivity index (χ0v) is 13.4. The standard InChI is InChI=1S/C14H17ClF2N2O2.ClH/c15-11-8-10(1-2-12(11)21-14(16)17)19-13(20)7-9-3-5-18-6-4-9;/h1-2,8-9,14,18H,3-7H2,(H,19,20);1H. The van der Waals surface area contributed by atoms with Gasteiger partial charge in [-0.1, -0.05) is 11.6 Å². The van der Waals surface area contributed by atoms with E-state index >= 15 is 0 Å². The molecule has 8 heteroatoms. The number of rotatable bonds is 5. The minimum atomic E-state index is -2.93. The fraction of sp³-hybridized carbons (Fsp3) is 0.500. The summed E-state index contributed by atoms with van der Waals surface area (Å²) in [6, 6.07) is 4.21. The van der Waals surface area contributed by atoms with Crippen LogP contribution in [0.25, 0.3) is 0 Å². The second-order valence-corrected chi connectivity index (χ2v) is 5.38. The van der Waals surface area contributed by atoms with E-state index in [-0.39, 0.29) is 29.1 Å². The summed E-state index contributed by atoms with van der Waals surface area (Å²) >= 11 is 5.83. The molecule has 0 atom stereocenters. The van der Waals surface area contributed by atoms with Crippen molar-refractivity contribution in [1.82, 2.24) is 5.32 Å². The third kappa shape index (κ3) is 5.94. The van der Waals surface area contributed by atoms with Crippen LogP contribution in [0.5, 0.6) is 5.75 Å². The maximum absolute atomic E-state index is 12.1. The molecule has 0 radical (unpaired) electrons. The fourth-order valence-corrected chi connectivity index (χ4v) is 2.56. The van der Waals surface area contributed by atoms with Gasteiger partial charge >= 0.3 is 6.61 Å². The van der Waals surface area contributed by atoms with E-state index in [9.17, 15) is 13.6 Å². The van der Waals surface area contributed by atoms with Crippen molar-refractivity contribution in [3.05, 3.63) is 23.2 Å². The molecule has 0 bridgehead atoms. The minimum absolute atomic E-state index is 0. The van der Waals surface area contributed by atoms with Gasteiger partial charge in [-0.25, -0.2) is 0 Å². The van der Waals surface area contributed by atoms with E-state index < -0.39 is 6.61 Å². The number of alkyl halides is 2. The smallest absolute Gasteiger partial charge is 0.387 e. The molecular weight excluding hydrogens is 337 g/mol. The first-order chi connectivity index (χ1) is 10.0. The Morgan fingerprint density at radius 1 is 1.41 bits per heavy atom. The minimum Gasteiger partial charge on any atom is -0.433 e. The lowest BCUT2D eigenvalue weighted by Crippen LogP contribution is -2.30. The Bertz CT molecular complexity index is 498. The van der Waals surface area contributed by atoms with Crippen molar-refractivity contribution in [2.24, 2.45) is 5.92 Å². The first-order valence-electron chi connectivity index (χ1n) is 6.79. The number of nitrogens with one attached hydrogen (secondary N) is 2. The molecule has 0 saturated carbocycles. The number of hydrogen-bond acceptors (Lipinski definition) is 3.